The number of ether oxygens (including phenoxy) is 1. The van der Waals surface area contributed by atoms with Crippen LogP contribution >= 0.6 is 0 Å². The first-order chi connectivity index (χ1) is 8.08. The second-order valence-electron chi connectivity index (χ2n) is 3.13. The minimum absolute atomic E-state index is 0.0195. The van der Waals surface area contributed by atoms with Crippen LogP contribution in [-0.4, -0.2) is 23.7 Å². The number of allylic oxidation sites excluding steroid dienone is 2. The van der Waals surface area contributed by atoms with Crippen LogP contribution in [0.1, 0.15) is 12.8 Å². The molecule has 0 unspecified atom stereocenters. The van der Waals surface area contributed by atoms with Crippen molar-refractivity contribution >= 4 is 11.9 Å². The second-order valence-corrected chi connectivity index (χ2v) is 3.13. The number of aliphatic carboxylic acids is 1. The van der Waals surface area contributed by atoms with Crippen LogP contribution in [0.3, 0.4) is 0 Å². The molecule has 0 fully saturated rings. The average molecular weight is 236 g/mol. The van der Waals surface area contributed by atoms with Gasteiger partial charge in [-0.25, -0.2) is 9.59 Å². The molecular formula is C13H16O4. The van der Waals surface area contributed by atoms with E-state index < -0.39 is 11.9 Å². The highest BCUT2D eigenvalue weighted by Gasteiger charge is 2.19. The fourth-order valence-electron chi connectivity index (χ4n) is 1.18. The molecule has 0 aliphatic rings. The summed E-state index contributed by atoms with van der Waals surface area (Å²) in [5.41, 5.74) is 0.0724. The molecule has 0 atom stereocenters. The molecule has 0 aromatic heterocycles. The Morgan fingerprint density at radius 1 is 1.00 bits per heavy atom. The van der Waals surface area contributed by atoms with Gasteiger partial charge in [0.1, 0.15) is 6.61 Å². The van der Waals surface area contributed by atoms with Gasteiger partial charge in [0.2, 0.25) is 0 Å². The summed E-state index contributed by atoms with van der Waals surface area (Å²) in [5, 5.41) is 9.01. The summed E-state index contributed by atoms with van der Waals surface area (Å²) in [6.45, 7) is 10.4. The predicted molar refractivity (Wildman–Crippen MR) is 65.4 cm³/mol. The monoisotopic (exact) mass is 236 g/mol. The quantitative estimate of drug-likeness (QED) is 0.399. The minimum Gasteiger partial charge on any atom is -0.478 e. The Bertz CT molecular complexity index is 364. The Labute approximate surface area is 101 Å². The lowest BCUT2D eigenvalue weighted by molar-refractivity contribution is -0.139. The van der Waals surface area contributed by atoms with Crippen LogP contribution in [0.5, 0.6) is 0 Å². The molecule has 92 valence electrons. The summed E-state index contributed by atoms with van der Waals surface area (Å²) < 4.78 is 4.82. The topological polar surface area (TPSA) is 63.6 Å². The number of carbonyl (C=O) groups excluding carboxylic acids is 1. The van der Waals surface area contributed by atoms with Crippen molar-refractivity contribution in [2.24, 2.45) is 0 Å². The van der Waals surface area contributed by atoms with Crippen LogP contribution in [0.2, 0.25) is 0 Å². The standard InChI is InChI=1S/C13H16O4/c1-4-7-10(12(14)15)11(8-5-2)13(16)17-9-6-3/h4-6H,1-3,7-9H2,(H,14,15). The van der Waals surface area contributed by atoms with Crippen molar-refractivity contribution in [2.45, 2.75) is 12.8 Å². The molecule has 0 saturated carbocycles. The largest absolute Gasteiger partial charge is 0.478 e. The molecule has 0 spiro atoms. The highest BCUT2D eigenvalue weighted by atomic mass is 16.5. The van der Waals surface area contributed by atoms with Crippen LogP contribution in [-0.2, 0) is 14.3 Å². The van der Waals surface area contributed by atoms with Crippen molar-refractivity contribution in [3.8, 4) is 0 Å². The van der Waals surface area contributed by atoms with Gasteiger partial charge in [0.15, 0.2) is 0 Å². The molecule has 0 heterocycles. The Balaban J connectivity index is 5.23. The maximum atomic E-state index is 11.6. The number of carboxylic acid groups (broad SMARTS) is 1. The van der Waals surface area contributed by atoms with E-state index in [1.807, 2.05) is 0 Å². The smallest absolute Gasteiger partial charge is 0.335 e. The number of carboxylic acids is 1. The zero-order valence-corrected chi connectivity index (χ0v) is 9.65. The molecule has 1 N–H and O–H groups in total. The van der Waals surface area contributed by atoms with Gasteiger partial charge in [0.05, 0.1) is 11.1 Å². The first kappa shape index (κ1) is 14.9. The highest BCUT2D eigenvalue weighted by molar-refractivity contribution is 6.00. The van der Waals surface area contributed by atoms with E-state index in [1.165, 1.54) is 18.2 Å². The van der Waals surface area contributed by atoms with E-state index >= 15 is 0 Å². The van der Waals surface area contributed by atoms with E-state index in [2.05, 4.69) is 19.7 Å². The van der Waals surface area contributed by atoms with Gasteiger partial charge >= 0.3 is 11.9 Å². The minimum atomic E-state index is -1.16. The van der Waals surface area contributed by atoms with E-state index in [1.54, 1.807) is 0 Å². The third-order valence-electron chi connectivity index (χ3n) is 1.90. The lowest BCUT2D eigenvalue weighted by Gasteiger charge is -2.08. The summed E-state index contributed by atoms with van der Waals surface area (Å²) in [6.07, 6.45) is 4.54. The van der Waals surface area contributed by atoms with Crippen molar-refractivity contribution in [1.82, 2.24) is 0 Å². The molecule has 0 aliphatic carbocycles. The van der Waals surface area contributed by atoms with Crippen molar-refractivity contribution in [1.29, 1.82) is 0 Å². The second kappa shape index (κ2) is 8.10. The van der Waals surface area contributed by atoms with Gasteiger partial charge in [-0.05, 0) is 12.8 Å². The van der Waals surface area contributed by atoms with E-state index in [9.17, 15) is 9.59 Å². The lowest BCUT2D eigenvalue weighted by Crippen LogP contribution is -2.14. The van der Waals surface area contributed by atoms with Gasteiger partial charge < -0.3 is 9.84 Å². The van der Waals surface area contributed by atoms with Crippen LogP contribution < -0.4 is 0 Å². The van der Waals surface area contributed by atoms with Gasteiger partial charge in [-0.15, -0.1) is 13.2 Å². The summed E-state index contributed by atoms with van der Waals surface area (Å²) in [6, 6.07) is 0. The van der Waals surface area contributed by atoms with Crippen molar-refractivity contribution in [2.75, 3.05) is 6.61 Å². The van der Waals surface area contributed by atoms with Gasteiger partial charge in [-0.3, -0.25) is 0 Å². The zero-order chi connectivity index (χ0) is 13.3. The molecule has 17 heavy (non-hydrogen) atoms. The Kier molecular flexibility index (Phi) is 7.10. The van der Waals surface area contributed by atoms with Crippen molar-refractivity contribution in [3.05, 3.63) is 49.1 Å². The van der Waals surface area contributed by atoms with E-state index in [0.717, 1.165) is 0 Å². The van der Waals surface area contributed by atoms with E-state index in [0.29, 0.717) is 0 Å². The number of hydrogen-bond donors (Lipinski definition) is 1. The molecule has 0 saturated heterocycles. The number of carbonyl (C=O) groups is 2. The predicted octanol–water partition coefficient (Wildman–Crippen LogP) is 2.25. The Morgan fingerprint density at radius 3 is 1.94 bits per heavy atom. The first-order valence-electron chi connectivity index (χ1n) is 5.03. The fraction of sp³-hybridized carbons (Fsp3) is 0.231. The molecule has 0 aromatic carbocycles. The van der Waals surface area contributed by atoms with Crippen LogP contribution in [0.25, 0.3) is 0 Å². The number of rotatable bonds is 8. The first-order valence-corrected chi connectivity index (χ1v) is 5.03. The van der Waals surface area contributed by atoms with Crippen LogP contribution in [0.4, 0.5) is 0 Å². The van der Waals surface area contributed by atoms with Gasteiger partial charge in [-0.2, -0.15) is 0 Å². The number of esters is 1. The summed E-state index contributed by atoms with van der Waals surface area (Å²) in [5.74, 6) is -1.82. The zero-order valence-electron chi connectivity index (χ0n) is 9.65. The molecule has 0 bridgehead atoms. The van der Waals surface area contributed by atoms with Crippen LogP contribution in [0.15, 0.2) is 49.1 Å². The SMILES string of the molecule is C=CCOC(=O)C(CC=C)=C(CC=C)C(=O)O. The third kappa shape index (κ3) is 4.97. The van der Waals surface area contributed by atoms with Gasteiger partial charge in [0, 0.05) is 0 Å². The summed E-state index contributed by atoms with van der Waals surface area (Å²) in [4.78, 5) is 22.7. The maximum absolute atomic E-state index is 11.6. The molecule has 0 rings (SSSR count). The Morgan fingerprint density at radius 2 is 1.53 bits per heavy atom. The molecule has 0 radical (unpaired) electrons. The molecule has 0 aromatic rings. The summed E-state index contributed by atoms with van der Waals surface area (Å²) >= 11 is 0. The van der Waals surface area contributed by atoms with E-state index in [4.69, 9.17) is 9.84 Å². The molecule has 4 heteroatoms. The van der Waals surface area contributed by atoms with Crippen LogP contribution in [0, 0.1) is 0 Å². The van der Waals surface area contributed by atoms with E-state index in [-0.39, 0.29) is 30.6 Å². The molecule has 0 amide bonds. The van der Waals surface area contributed by atoms with Crippen molar-refractivity contribution in [3.63, 3.8) is 0 Å². The fourth-order valence-corrected chi connectivity index (χ4v) is 1.18. The summed E-state index contributed by atoms with van der Waals surface area (Å²) in [7, 11) is 0. The average Bonchev–Trinajstić information content (AvgIpc) is 2.30. The molecular weight excluding hydrogens is 220 g/mol. The number of hydrogen-bond acceptors (Lipinski definition) is 3. The molecule has 4 nitrogen and oxygen atoms in total. The van der Waals surface area contributed by atoms with Crippen molar-refractivity contribution < 1.29 is 19.4 Å². The normalized spacial score (nSPS) is 11.1. The van der Waals surface area contributed by atoms with Gasteiger partial charge in [0.25, 0.3) is 0 Å². The molecule has 0 aliphatic heterocycles. The highest BCUT2D eigenvalue weighted by Crippen LogP contribution is 2.16. The maximum Gasteiger partial charge on any atom is 0.335 e. The van der Waals surface area contributed by atoms with Gasteiger partial charge in [-0.1, -0.05) is 24.8 Å². The lowest BCUT2D eigenvalue weighted by atomic mass is 10.0. The Hall–Kier alpha value is -2.10. The third-order valence-corrected chi connectivity index (χ3v) is 1.90.